The minimum Gasteiger partial charge on any atom is -0.397 e. The van der Waals surface area contributed by atoms with Gasteiger partial charge in [0.25, 0.3) is 0 Å². The fraction of sp³-hybridized carbons (Fsp3) is 0.455. The molecule has 4 nitrogen and oxygen atoms in total. The van der Waals surface area contributed by atoms with Crippen molar-refractivity contribution >= 4 is 28.7 Å². The first kappa shape index (κ1) is 13.9. The highest BCUT2D eigenvalue weighted by Gasteiger charge is 2.27. The number of anilines is 3. The zero-order chi connectivity index (χ0) is 13.4. The molecular formula is C11H17ClFN3O. The molecule has 0 bridgehead atoms. The highest BCUT2D eigenvalue weighted by Crippen LogP contribution is 2.35. The van der Waals surface area contributed by atoms with E-state index in [0.29, 0.717) is 0 Å². The van der Waals surface area contributed by atoms with Crippen LogP contribution in [0.3, 0.4) is 0 Å². The van der Waals surface area contributed by atoms with Crippen molar-refractivity contribution in [3.8, 4) is 0 Å². The summed E-state index contributed by atoms with van der Waals surface area (Å²) in [6.45, 7) is 5.04. The van der Waals surface area contributed by atoms with Gasteiger partial charge < -0.3 is 21.9 Å². The molecule has 6 heteroatoms. The van der Waals surface area contributed by atoms with E-state index in [9.17, 15) is 9.50 Å². The maximum Gasteiger partial charge on any atom is 0.169 e. The third kappa shape index (κ3) is 2.73. The summed E-state index contributed by atoms with van der Waals surface area (Å²) in [5.74, 6) is -0.710. The molecule has 0 spiro atoms. The van der Waals surface area contributed by atoms with Crippen LogP contribution >= 0.6 is 11.6 Å². The fourth-order valence-electron chi connectivity index (χ4n) is 1.22. The van der Waals surface area contributed by atoms with E-state index in [1.54, 1.807) is 20.8 Å². The summed E-state index contributed by atoms with van der Waals surface area (Å²) in [6.07, 6.45) is -0.697. The zero-order valence-corrected chi connectivity index (χ0v) is 10.8. The second-order valence-electron chi connectivity index (χ2n) is 4.58. The first-order valence-corrected chi connectivity index (χ1v) is 5.53. The van der Waals surface area contributed by atoms with Gasteiger partial charge in [-0.05, 0) is 26.8 Å². The van der Waals surface area contributed by atoms with Crippen LogP contribution in [0.2, 0.25) is 5.02 Å². The number of nitrogen functional groups attached to an aromatic ring is 2. The fourth-order valence-corrected chi connectivity index (χ4v) is 1.37. The summed E-state index contributed by atoms with van der Waals surface area (Å²) < 4.78 is 13.9. The van der Waals surface area contributed by atoms with Crippen LogP contribution in [0.4, 0.5) is 21.5 Å². The molecule has 1 aromatic rings. The Kier molecular flexibility index (Phi) is 3.74. The van der Waals surface area contributed by atoms with Crippen molar-refractivity contribution in [2.45, 2.75) is 32.4 Å². The summed E-state index contributed by atoms with van der Waals surface area (Å²) in [5, 5.41) is 12.2. The highest BCUT2D eigenvalue weighted by molar-refractivity contribution is 6.33. The summed E-state index contributed by atoms with van der Waals surface area (Å²) >= 11 is 5.71. The Morgan fingerprint density at radius 1 is 1.41 bits per heavy atom. The molecule has 0 fully saturated rings. The van der Waals surface area contributed by atoms with E-state index in [4.69, 9.17) is 23.1 Å². The first-order valence-electron chi connectivity index (χ1n) is 5.16. The Morgan fingerprint density at radius 3 is 2.41 bits per heavy atom. The van der Waals surface area contributed by atoms with E-state index < -0.39 is 17.5 Å². The standard InChI is InChI=1S/C11H17ClFN3O/c1-5(17)11(2,3)16-10-7(15)4-6(14)8(12)9(10)13/h4-5,16-17H,14-15H2,1-3H3. The van der Waals surface area contributed by atoms with E-state index in [1.165, 1.54) is 6.07 Å². The van der Waals surface area contributed by atoms with Crippen molar-refractivity contribution in [3.63, 3.8) is 0 Å². The lowest BCUT2D eigenvalue weighted by atomic mass is 9.98. The first-order chi connectivity index (χ1) is 7.66. The smallest absolute Gasteiger partial charge is 0.169 e. The average Bonchev–Trinajstić information content (AvgIpc) is 2.21. The van der Waals surface area contributed by atoms with E-state index in [0.717, 1.165) is 0 Å². The molecule has 0 heterocycles. The lowest BCUT2D eigenvalue weighted by Crippen LogP contribution is -2.42. The molecule has 1 aromatic carbocycles. The highest BCUT2D eigenvalue weighted by atomic mass is 35.5. The number of nitrogens with two attached hydrogens (primary N) is 2. The molecular weight excluding hydrogens is 245 g/mol. The topological polar surface area (TPSA) is 84.3 Å². The molecule has 96 valence electrons. The molecule has 0 saturated carbocycles. The largest absolute Gasteiger partial charge is 0.397 e. The van der Waals surface area contributed by atoms with Gasteiger partial charge in [0.15, 0.2) is 5.82 Å². The normalized spacial score (nSPS) is 13.5. The molecule has 0 aliphatic carbocycles. The summed E-state index contributed by atoms with van der Waals surface area (Å²) in [4.78, 5) is 0. The van der Waals surface area contributed by atoms with Crippen LogP contribution in [-0.2, 0) is 0 Å². The van der Waals surface area contributed by atoms with Crippen LogP contribution in [-0.4, -0.2) is 16.7 Å². The van der Waals surface area contributed by atoms with Crippen LogP contribution in [0, 0.1) is 5.82 Å². The lowest BCUT2D eigenvalue weighted by molar-refractivity contribution is 0.133. The third-order valence-corrected chi connectivity index (χ3v) is 3.14. The minimum absolute atomic E-state index is 0.0510. The third-order valence-electron chi connectivity index (χ3n) is 2.76. The number of hydrogen-bond donors (Lipinski definition) is 4. The van der Waals surface area contributed by atoms with Gasteiger partial charge in [0, 0.05) is 0 Å². The molecule has 0 radical (unpaired) electrons. The van der Waals surface area contributed by atoms with Crippen molar-refractivity contribution in [1.82, 2.24) is 0 Å². The Balaban J connectivity index is 3.20. The molecule has 0 saturated heterocycles. The van der Waals surface area contributed by atoms with Gasteiger partial charge in [-0.15, -0.1) is 0 Å². The van der Waals surface area contributed by atoms with Crippen molar-refractivity contribution < 1.29 is 9.50 Å². The quantitative estimate of drug-likeness (QED) is 0.629. The van der Waals surface area contributed by atoms with Gasteiger partial charge in [0.05, 0.1) is 28.7 Å². The zero-order valence-electron chi connectivity index (χ0n) is 10.0. The van der Waals surface area contributed by atoms with Gasteiger partial charge in [0.2, 0.25) is 0 Å². The minimum atomic E-state index is -0.742. The molecule has 0 amide bonds. The second-order valence-corrected chi connectivity index (χ2v) is 4.96. The van der Waals surface area contributed by atoms with Crippen molar-refractivity contribution in [2.75, 3.05) is 16.8 Å². The molecule has 0 aromatic heterocycles. The number of halogens is 2. The van der Waals surface area contributed by atoms with Crippen LogP contribution in [0.15, 0.2) is 6.07 Å². The van der Waals surface area contributed by atoms with Crippen molar-refractivity contribution in [3.05, 3.63) is 16.9 Å². The van der Waals surface area contributed by atoms with Gasteiger partial charge in [-0.1, -0.05) is 11.6 Å². The van der Waals surface area contributed by atoms with Crippen LogP contribution in [0.25, 0.3) is 0 Å². The van der Waals surface area contributed by atoms with Crippen LogP contribution in [0.1, 0.15) is 20.8 Å². The number of hydrogen-bond acceptors (Lipinski definition) is 4. The summed E-state index contributed by atoms with van der Waals surface area (Å²) in [7, 11) is 0. The monoisotopic (exact) mass is 261 g/mol. The molecule has 17 heavy (non-hydrogen) atoms. The number of aliphatic hydroxyl groups is 1. The Bertz CT molecular complexity index is 435. The van der Waals surface area contributed by atoms with E-state index in [2.05, 4.69) is 5.32 Å². The predicted molar refractivity (Wildman–Crippen MR) is 69.6 cm³/mol. The van der Waals surface area contributed by atoms with E-state index >= 15 is 0 Å². The lowest BCUT2D eigenvalue weighted by Gasteiger charge is -2.31. The number of nitrogens with one attached hydrogen (secondary N) is 1. The molecule has 0 aliphatic rings. The maximum absolute atomic E-state index is 13.9. The Hall–Kier alpha value is -1.20. The van der Waals surface area contributed by atoms with Gasteiger partial charge in [-0.25, -0.2) is 4.39 Å². The molecule has 1 rings (SSSR count). The number of rotatable bonds is 3. The Morgan fingerprint density at radius 2 is 1.94 bits per heavy atom. The average molecular weight is 262 g/mol. The van der Waals surface area contributed by atoms with Crippen molar-refractivity contribution in [1.29, 1.82) is 0 Å². The number of benzene rings is 1. The number of aliphatic hydroxyl groups excluding tert-OH is 1. The van der Waals surface area contributed by atoms with Gasteiger partial charge in [0.1, 0.15) is 5.02 Å². The second kappa shape index (κ2) is 4.58. The van der Waals surface area contributed by atoms with Crippen molar-refractivity contribution in [2.24, 2.45) is 0 Å². The molecule has 6 N–H and O–H groups in total. The van der Waals surface area contributed by atoms with Crippen LogP contribution in [0.5, 0.6) is 0 Å². The van der Waals surface area contributed by atoms with Gasteiger partial charge in [-0.2, -0.15) is 0 Å². The summed E-state index contributed by atoms with van der Waals surface area (Å²) in [5.41, 5.74) is 10.7. The van der Waals surface area contributed by atoms with E-state index in [-0.39, 0.29) is 22.1 Å². The molecule has 1 atom stereocenters. The molecule has 0 aliphatic heterocycles. The molecule has 1 unspecified atom stereocenters. The van der Waals surface area contributed by atoms with Crippen LogP contribution < -0.4 is 16.8 Å². The van der Waals surface area contributed by atoms with Gasteiger partial charge in [-0.3, -0.25) is 0 Å². The summed E-state index contributed by atoms with van der Waals surface area (Å²) in [6, 6.07) is 1.38. The van der Waals surface area contributed by atoms with E-state index in [1.807, 2.05) is 0 Å². The maximum atomic E-state index is 13.9. The predicted octanol–water partition coefficient (Wildman–Crippen LogP) is 2.21. The SMILES string of the molecule is CC(O)C(C)(C)Nc1c(N)cc(N)c(Cl)c1F. The Labute approximate surface area is 105 Å². The van der Waals surface area contributed by atoms with Gasteiger partial charge >= 0.3 is 0 Å².